The molecular formula is C16H30N2O. The molecule has 1 atom stereocenters. The van der Waals surface area contributed by atoms with Gasteiger partial charge >= 0.3 is 0 Å². The van der Waals surface area contributed by atoms with Gasteiger partial charge in [0.2, 0.25) is 0 Å². The van der Waals surface area contributed by atoms with E-state index in [1.54, 1.807) is 0 Å². The van der Waals surface area contributed by atoms with Crippen molar-refractivity contribution < 1.29 is 4.74 Å². The summed E-state index contributed by atoms with van der Waals surface area (Å²) in [5, 5.41) is 3.59. The number of nitrogens with zero attached hydrogens (tertiary/aromatic N) is 1. The molecule has 0 fully saturated rings. The van der Waals surface area contributed by atoms with Gasteiger partial charge in [0.15, 0.2) is 0 Å². The Morgan fingerprint density at radius 2 is 2.05 bits per heavy atom. The van der Waals surface area contributed by atoms with E-state index in [4.69, 9.17) is 4.74 Å². The van der Waals surface area contributed by atoms with Crippen LogP contribution in [0.15, 0.2) is 23.5 Å². The van der Waals surface area contributed by atoms with Crippen molar-refractivity contribution in [3.8, 4) is 0 Å². The van der Waals surface area contributed by atoms with Crippen molar-refractivity contribution in [1.82, 2.24) is 10.2 Å². The minimum Gasteiger partial charge on any atom is -0.493 e. The molecule has 1 aliphatic carbocycles. The third-order valence-electron chi connectivity index (χ3n) is 3.30. The van der Waals surface area contributed by atoms with Crippen molar-refractivity contribution >= 4 is 0 Å². The summed E-state index contributed by atoms with van der Waals surface area (Å²) in [6.07, 6.45) is 6.66. The number of likely N-dealkylation sites (N-methyl/N-ethyl adjacent to an activating group) is 1. The lowest BCUT2D eigenvalue weighted by atomic mass is 9.97. The minimum absolute atomic E-state index is 0.448. The topological polar surface area (TPSA) is 24.5 Å². The zero-order valence-corrected chi connectivity index (χ0v) is 13.2. The fraction of sp³-hybridized carbons (Fsp3) is 0.750. The summed E-state index contributed by atoms with van der Waals surface area (Å²) < 4.78 is 5.82. The van der Waals surface area contributed by atoms with E-state index >= 15 is 0 Å². The van der Waals surface area contributed by atoms with E-state index in [1.807, 2.05) is 0 Å². The Morgan fingerprint density at radius 1 is 1.32 bits per heavy atom. The third-order valence-corrected chi connectivity index (χ3v) is 3.30. The molecule has 3 nitrogen and oxygen atoms in total. The molecule has 1 rings (SSSR count). The fourth-order valence-electron chi connectivity index (χ4n) is 2.03. The lowest BCUT2D eigenvalue weighted by molar-refractivity contribution is 0.190. The summed E-state index contributed by atoms with van der Waals surface area (Å²) in [5.41, 5.74) is 1.46. The molecule has 0 aliphatic heterocycles. The molecule has 1 aliphatic rings. The smallest absolute Gasteiger partial charge is 0.115 e. The van der Waals surface area contributed by atoms with E-state index in [9.17, 15) is 0 Å². The van der Waals surface area contributed by atoms with Crippen molar-refractivity contribution in [3.63, 3.8) is 0 Å². The van der Waals surface area contributed by atoms with E-state index in [0.29, 0.717) is 12.0 Å². The molecule has 0 saturated carbocycles. The van der Waals surface area contributed by atoms with Gasteiger partial charge in [-0.1, -0.05) is 13.8 Å². The number of nitrogens with one attached hydrogen (secondary N) is 1. The highest BCUT2D eigenvalue weighted by Crippen LogP contribution is 2.21. The van der Waals surface area contributed by atoms with Crippen LogP contribution < -0.4 is 5.32 Å². The summed E-state index contributed by atoms with van der Waals surface area (Å²) in [6.45, 7) is 9.52. The van der Waals surface area contributed by atoms with Gasteiger partial charge in [-0.3, -0.25) is 0 Å². The van der Waals surface area contributed by atoms with E-state index in [2.05, 4.69) is 57.2 Å². The molecule has 19 heavy (non-hydrogen) atoms. The molecule has 1 unspecified atom stereocenters. The van der Waals surface area contributed by atoms with Gasteiger partial charge in [0.1, 0.15) is 12.4 Å². The van der Waals surface area contributed by atoms with Gasteiger partial charge < -0.3 is 15.0 Å². The Kier molecular flexibility index (Phi) is 7.17. The minimum atomic E-state index is 0.448. The maximum atomic E-state index is 5.82. The highest BCUT2D eigenvalue weighted by atomic mass is 16.5. The fourth-order valence-corrected chi connectivity index (χ4v) is 2.03. The first kappa shape index (κ1) is 16.3. The Labute approximate surface area is 118 Å². The molecule has 0 heterocycles. The second kappa shape index (κ2) is 8.39. The van der Waals surface area contributed by atoms with Crippen molar-refractivity contribution in [3.05, 3.63) is 23.5 Å². The van der Waals surface area contributed by atoms with E-state index < -0.39 is 0 Å². The Bertz CT molecular complexity index is 319. The lowest BCUT2D eigenvalue weighted by Crippen LogP contribution is -2.31. The zero-order valence-electron chi connectivity index (χ0n) is 13.2. The van der Waals surface area contributed by atoms with Crippen molar-refractivity contribution in [2.75, 3.05) is 33.8 Å². The average molecular weight is 266 g/mol. The molecule has 3 heteroatoms. The van der Waals surface area contributed by atoms with Crippen LogP contribution in [-0.2, 0) is 4.74 Å². The van der Waals surface area contributed by atoms with Crippen LogP contribution in [-0.4, -0.2) is 44.7 Å². The average Bonchev–Trinajstić information content (AvgIpc) is 2.36. The SMILES string of the molecule is CC(C)CNC(C)C1=CC(OCCN(C)C)=CCC1. The molecule has 0 amide bonds. The number of rotatable bonds is 8. The van der Waals surface area contributed by atoms with Gasteiger partial charge in [0.05, 0.1) is 0 Å². The van der Waals surface area contributed by atoms with E-state index in [0.717, 1.165) is 38.3 Å². The molecule has 0 spiro atoms. The first-order valence-corrected chi connectivity index (χ1v) is 7.40. The van der Waals surface area contributed by atoms with Gasteiger partial charge in [-0.2, -0.15) is 0 Å². The van der Waals surface area contributed by atoms with Crippen LogP contribution in [0.2, 0.25) is 0 Å². The first-order valence-electron chi connectivity index (χ1n) is 7.40. The van der Waals surface area contributed by atoms with Crippen LogP contribution in [0.5, 0.6) is 0 Å². The van der Waals surface area contributed by atoms with Crippen molar-refractivity contribution in [2.45, 2.75) is 39.7 Å². The number of hydrogen-bond acceptors (Lipinski definition) is 3. The van der Waals surface area contributed by atoms with E-state index in [1.165, 1.54) is 5.57 Å². The molecule has 1 N–H and O–H groups in total. The van der Waals surface area contributed by atoms with Crippen LogP contribution in [0.3, 0.4) is 0 Å². The quantitative estimate of drug-likeness (QED) is 0.731. The number of ether oxygens (including phenoxy) is 1. The predicted octanol–water partition coefficient (Wildman–Crippen LogP) is 2.80. The van der Waals surface area contributed by atoms with Gasteiger partial charge in [-0.25, -0.2) is 0 Å². The number of hydrogen-bond donors (Lipinski definition) is 1. The van der Waals surface area contributed by atoms with Crippen LogP contribution in [0.4, 0.5) is 0 Å². The lowest BCUT2D eigenvalue weighted by Gasteiger charge is -2.22. The monoisotopic (exact) mass is 266 g/mol. The second-order valence-corrected chi connectivity index (χ2v) is 6.04. The summed E-state index contributed by atoms with van der Waals surface area (Å²) in [4.78, 5) is 2.14. The molecule has 0 bridgehead atoms. The summed E-state index contributed by atoms with van der Waals surface area (Å²) in [6, 6.07) is 0.448. The highest BCUT2D eigenvalue weighted by molar-refractivity contribution is 5.26. The van der Waals surface area contributed by atoms with Crippen LogP contribution in [0.25, 0.3) is 0 Å². The Morgan fingerprint density at radius 3 is 2.68 bits per heavy atom. The van der Waals surface area contributed by atoms with E-state index in [-0.39, 0.29) is 0 Å². The molecular weight excluding hydrogens is 236 g/mol. The standard InChI is InChI=1S/C16H30N2O/c1-13(2)12-17-14(3)15-7-6-8-16(11-15)19-10-9-18(4)5/h8,11,13-14,17H,6-7,9-10,12H2,1-5H3. The van der Waals surface area contributed by atoms with Gasteiger partial charge in [0, 0.05) is 12.6 Å². The van der Waals surface area contributed by atoms with Gasteiger partial charge in [-0.15, -0.1) is 0 Å². The van der Waals surface area contributed by atoms with Crippen molar-refractivity contribution in [1.29, 1.82) is 0 Å². The normalized spacial score (nSPS) is 17.4. The van der Waals surface area contributed by atoms with Crippen LogP contribution in [0, 0.1) is 5.92 Å². The summed E-state index contributed by atoms with van der Waals surface area (Å²) >= 11 is 0. The molecule has 0 aromatic heterocycles. The maximum Gasteiger partial charge on any atom is 0.115 e. The molecule has 0 aromatic carbocycles. The molecule has 0 radical (unpaired) electrons. The van der Waals surface area contributed by atoms with Crippen LogP contribution >= 0.6 is 0 Å². The number of allylic oxidation sites excluding steroid dienone is 2. The molecule has 0 aromatic rings. The zero-order chi connectivity index (χ0) is 14.3. The summed E-state index contributed by atoms with van der Waals surface area (Å²) in [7, 11) is 4.13. The largest absolute Gasteiger partial charge is 0.493 e. The first-order chi connectivity index (χ1) is 8.99. The molecule has 0 saturated heterocycles. The van der Waals surface area contributed by atoms with Gasteiger partial charge in [-0.05, 0) is 64.0 Å². The van der Waals surface area contributed by atoms with Gasteiger partial charge in [0.25, 0.3) is 0 Å². The second-order valence-electron chi connectivity index (χ2n) is 6.04. The third kappa shape index (κ3) is 6.79. The van der Waals surface area contributed by atoms with Crippen LogP contribution in [0.1, 0.15) is 33.6 Å². The summed E-state index contributed by atoms with van der Waals surface area (Å²) in [5.74, 6) is 1.74. The Balaban J connectivity index is 2.42. The molecule has 110 valence electrons. The Hall–Kier alpha value is -0.800. The maximum absolute atomic E-state index is 5.82. The predicted molar refractivity (Wildman–Crippen MR) is 82.2 cm³/mol. The highest BCUT2D eigenvalue weighted by Gasteiger charge is 2.13. The van der Waals surface area contributed by atoms with Crippen molar-refractivity contribution in [2.24, 2.45) is 5.92 Å².